The molecule has 1 amide bonds. The van der Waals surface area contributed by atoms with Crippen molar-refractivity contribution in [1.82, 2.24) is 10.9 Å². The van der Waals surface area contributed by atoms with Gasteiger partial charge < -0.3 is 10.1 Å². The number of benzene rings is 3. The summed E-state index contributed by atoms with van der Waals surface area (Å²) in [7, 11) is 0. The number of carbonyl (C=O) groups is 1. The number of rotatable bonds is 4. The van der Waals surface area contributed by atoms with Crippen molar-refractivity contribution >= 4 is 40.5 Å². The van der Waals surface area contributed by atoms with Crippen LogP contribution >= 0.6 is 23.8 Å². The fourth-order valence-electron chi connectivity index (χ4n) is 2.18. The summed E-state index contributed by atoms with van der Waals surface area (Å²) >= 11 is 11.0. The molecule has 0 atom stereocenters. The number of carbonyl (C=O) groups excluding carboxylic acids is 1. The number of ether oxygens (including phenoxy) is 1. The molecule has 0 saturated heterocycles. The largest absolute Gasteiger partial charge is 0.457 e. The van der Waals surface area contributed by atoms with Crippen LogP contribution in [-0.4, -0.2) is 11.0 Å². The predicted molar refractivity (Wildman–Crippen MR) is 111 cm³/mol. The Kier molecular flexibility index (Phi) is 6.25. The van der Waals surface area contributed by atoms with Crippen LogP contribution in [0.2, 0.25) is 5.02 Å². The molecule has 0 unspecified atom stereocenters. The molecule has 0 radical (unpaired) electrons. The van der Waals surface area contributed by atoms with Crippen LogP contribution in [-0.2, 0) is 0 Å². The Bertz CT molecular complexity index is 916. The van der Waals surface area contributed by atoms with Crippen molar-refractivity contribution in [3.05, 3.63) is 89.4 Å². The maximum absolute atomic E-state index is 12.2. The molecule has 27 heavy (non-hydrogen) atoms. The molecule has 0 aliphatic carbocycles. The van der Waals surface area contributed by atoms with Gasteiger partial charge in [-0.25, -0.2) is 0 Å². The monoisotopic (exact) mass is 397 g/mol. The first kappa shape index (κ1) is 18.7. The molecule has 0 aliphatic rings. The Morgan fingerprint density at radius 1 is 0.815 bits per heavy atom. The van der Waals surface area contributed by atoms with Crippen LogP contribution in [0.15, 0.2) is 78.9 Å². The van der Waals surface area contributed by atoms with Crippen molar-refractivity contribution in [2.75, 3.05) is 5.32 Å². The number of para-hydroxylation sites is 1. The fraction of sp³-hybridized carbons (Fsp3) is 0. The molecule has 0 spiro atoms. The van der Waals surface area contributed by atoms with E-state index in [1.165, 1.54) is 0 Å². The first-order valence-electron chi connectivity index (χ1n) is 8.06. The quantitative estimate of drug-likeness (QED) is 0.437. The number of thiocarbonyl (C=S) groups is 1. The second kappa shape index (κ2) is 9.02. The van der Waals surface area contributed by atoms with E-state index in [0.717, 1.165) is 11.4 Å². The smallest absolute Gasteiger partial charge is 0.269 e. The van der Waals surface area contributed by atoms with Gasteiger partial charge in [-0.15, -0.1) is 0 Å². The van der Waals surface area contributed by atoms with E-state index in [1.54, 1.807) is 48.5 Å². The normalized spacial score (nSPS) is 9.96. The highest BCUT2D eigenvalue weighted by atomic mass is 35.5. The number of amides is 1. The van der Waals surface area contributed by atoms with Crippen LogP contribution in [0.3, 0.4) is 0 Å². The lowest BCUT2D eigenvalue weighted by Crippen LogP contribution is -2.43. The Morgan fingerprint density at radius 2 is 1.44 bits per heavy atom. The van der Waals surface area contributed by atoms with Gasteiger partial charge in [0.25, 0.3) is 5.91 Å². The van der Waals surface area contributed by atoms with Gasteiger partial charge in [-0.05, 0) is 72.9 Å². The molecular formula is C20H16ClN3O2S. The second-order valence-electron chi connectivity index (χ2n) is 5.48. The summed E-state index contributed by atoms with van der Waals surface area (Å²) in [6.45, 7) is 0. The summed E-state index contributed by atoms with van der Waals surface area (Å²) in [5.41, 5.74) is 6.42. The Balaban J connectivity index is 1.50. The SMILES string of the molecule is O=C(NNC(=S)Nc1ccc(Cl)cc1)c1ccc(Oc2ccccc2)cc1. The summed E-state index contributed by atoms with van der Waals surface area (Å²) in [6.07, 6.45) is 0. The van der Waals surface area contributed by atoms with E-state index in [-0.39, 0.29) is 11.0 Å². The van der Waals surface area contributed by atoms with Crippen molar-refractivity contribution in [2.24, 2.45) is 0 Å². The maximum atomic E-state index is 12.2. The van der Waals surface area contributed by atoms with Gasteiger partial charge in [0.05, 0.1) is 0 Å². The molecule has 3 aromatic rings. The highest BCUT2D eigenvalue weighted by molar-refractivity contribution is 7.80. The third-order valence-electron chi connectivity index (χ3n) is 3.49. The third-order valence-corrected chi connectivity index (χ3v) is 3.94. The zero-order valence-electron chi connectivity index (χ0n) is 14.1. The van der Waals surface area contributed by atoms with Gasteiger partial charge >= 0.3 is 0 Å². The first-order chi connectivity index (χ1) is 13.1. The first-order valence-corrected chi connectivity index (χ1v) is 8.85. The Labute approximate surface area is 167 Å². The third kappa shape index (κ3) is 5.70. The lowest BCUT2D eigenvalue weighted by atomic mass is 10.2. The summed E-state index contributed by atoms with van der Waals surface area (Å²) in [5, 5.41) is 3.83. The van der Waals surface area contributed by atoms with E-state index < -0.39 is 0 Å². The molecule has 5 nitrogen and oxygen atoms in total. The van der Waals surface area contributed by atoms with Gasteiger partial charge in [0.1, 0.15) is 11.5 Å². The van der Waals surface area contributed by atoms with E-state index in [9.17, 15) is 4.79 Å². The summed E-state index contributed by atoms with van der Waals surface area (Å²) in [4.78, 5) is 12.2. The number of nitrogens with one attached hydrogen (secondary N) is 3. The van der Waals surface area contributed by atoms with Crippen molar-refractivity contribution in [3.8, 4) is 11.5 Å². The Hall–Kier alpha value is -3.09. The zero-order valence-corrected chi connectivity index (χ0v) is 15.7. The zero-order chi connectivity index (χ0) is 19.1. The molecule has 3 aromatic carbocycles. The van der Waals surface area contributed by atoms with Crippen molar-refractivity contribution in [2.45, 2.75) is 0 Å². The van der Waals surface area contributed by atoms with Gasteiger partial charge in [0.2, 0.25) is 0 Å². The van der Waals surface area contributed by atoms with Crippen molar-refractivity contribution < 1.29 is 9.53 Å². The highest BCUT2D eigenvalue weighted by Crippen LogP contribution is 2.21. The molecule has 0 aromatic heterocycles. The fourth-order valence-corrected chi connectivity index (χ4v) is 2.48. The second-order valence-corrected chi connectivity index (χ2v) is 6.32. The minimum atomic E-state index is -0.318. The molecule has 0 saturated carbocycles. The van der Waals surface area contributed by atoms with Gasteiger partial charge in [0, 0.05) is 16.3 Å². The number of hydrogen-bond acceptors (Lipinski definition) is 3. The molecule has 0 fully saturated rings. The predicted octanol–water partition coefficient (Wildman–Crippen LogP) is 4.76. The van der Waals surface area contributed by atoms with E-state index >= 15 is 0 Å². The van der Waals surface area contributed by atoms with Crippen LogP contribution in [0.4, 0.5) is 5.69 Å². The molecule has 0 bridgehead atoms. The lowest BCUT2D eigenvalue weighted by molar-refractivity contribution is 0.0944. The molecular weight excluding hydrogens is 382 g/mol. The molecule has 0 heterocycles. The van der Waals surface area contributed by atoms with E-state index in [1.807, 2.05) is 30.3 Å². The van der Waals surface area contributed by atoms with E-state index in [0.29, 0.717) is 16.3 Å². The Morgan fingerprint density at radius 3 is 2.11 bits per heavy atom. The molecule has 3 N–H and O–H groups in total. The standard InChI is InChI=1S/C20H16ClN3O2S/c21-15-8-10-16(11-9-15)22-20(27)24-23-19(25)14-6-12-18(13-7-14)26-17-4-2-1-3-5-17/h1-13H,(H,23,25)(H2,22,24,27). The highest BCUT2D eigenvalue weighted by Gasteiger charge is 2.07. The molecule has 136 valence electrons. The van der Waals surface area contributed by atoms with Crippen LogP contribution in [0.1, 0.15) is 10.4 Å². The average Bonchev–Trinajstić information content (AvgIpc) is 2.69. The number of anilines is 1. The topological polar surface area (TPSA) is 62.4 Å². The van der Waals surface area contributed by atoms with Crippen LogP contribution in [0.25, 0.3) is 0 Å². The summed E-state index contributed by atoms with van der Waals surface area (Å²) < 4.78 is 5.70. The average molecular weight is 398 g/mol. The van der Waals surface area contributed by atoms with Gasteiger partial charge in [0.15, 0.2) is 5.11 Å². The van der Waals surface area contributed by atoms with E-state index in [2.05, 4.69) is 16.2 Å². The van der Waals surface area contributed by atoms with Crippen LogP contribution < -0.4 is 20.9 Å². The number of hydrogen-bond donors (Lipinski definition) is 3. The van der Waals surface area contributed by atoms with Gasteiger partial charge in [-0.2, -0.15) is 0 Å². The minimum Gasteiger partial charge on any atom is -0.457 e. The number of halogens is 1. The molecule has 7 heteroatoms. The molecule has 3 rings (SSSR count). The van der Waals surface area contributed by atoms with Crippen LogP contribution in [0, 0.1) is 0 Å². The van der Waals surface area contributed by atoms with Crippen LogP contribution in [0.5, 0.6) is 11.5 Å². The van der Waals surface area contributed by atoms with Crippen molar-refractivity contribution in [3.63, 3.8) is 0 Å². The summed E-state index contributed by atoms with van der Waals surface area (Å²) in [6, 6.07) is 23.3. The summed E-state index contributed by atoms with van der Waals surface area (Å²) in [5.74, 6) is 1.06. The lowest BCUT2D eigenvalue weighted by Gasteiger charge is -2.12. The van der Waals surface area contributed by atoms with Crippen molar-refractivity contribution in [1.29, 1.82) is 0 Å². The molecule has 0 aliphatic heterocycles. The number of hydrazine groups is 1. The maximum Gasteiger partial charge on any atom is 0.269 e. The minimum absolute atomic E-state index is 0.259. The van der Waals surface area contributed by atoms with Gasteiger partial charge in [-0.3, -0.25) is 15.6 Å². The van der Waals surface area contributed by atoms with E-state index in [4.69, 9.17) is 28.6 Å². The van der Waals surface area contributed by atoms with Gasteiger partial charge in [-0.1, -0.05) is 29.8 Å².